The van der Waals surface area contributed by atoms with Gasteiger partial charge in [-0.25, -0.2) is 0 Å². The predicted octanol–water partition coefficient (Wildman–Crippen LogP) is -7.10. The fraction of sp³-hybridized carbons (Fsp3) is 0.667. The van der Waals surface area contributed by atoms with Crippen LogP contribution in [0.4, 0.5) is 0 Å². The van der Waals surface area contributed by atoms with Gasteiger partial charge in [0.25, 0.3) is 0 Å². The molecule has 0 saturated carbocycles. The van der Waals surface area contributed by atoms with Crippen molar-refractivity contribution in [3.05, 3.63) is 0 Å². The summed E-state index contributed by atoms with van der Waals surface area (Å²) in [5.41, 5.74) is 0. The van der Waals surface area contributed by atoms with Gasteiger partial charge < -0.3 is 14.3 Å². The topological polar surface area (TPSA) is 72.4 Å². The first kappa shape index (κ1) is 17.8. The van der Waals surface area contributed by atoms with E-state index in [-0.39, 0.29) is 65.5 Å². The number of carbonyl (C=O) groups excluding carboxylic acids is 1. The molecule has 0 bridgehead atoms. The Hall–Kier alpha value is 1.82. The average molecular weight is 182 g/mol. The summed E-state index contributed by atoms with van der Waals surface area (Å²) in [5, 5.41) is 0. The number of hydrogen-bond acceptors (Lipinski definition) is 4. The first-order valence-corrected chi connectivity index (χ1v) is 3.11. The first-order chi connectivity index (χ1) is 3.66. The fourth-order valence-electron chi connectivity index (χ4n) is 0.148. The van der Waals surface area contributed by atoms with E-state index in [9.17, 15) is 14.6 Å². The number of hydrogen-bond donors (Lipinski definition) is 0. The molecule has 0 amide bonds. The van der Waals surface area contributed by atoms with Crippen molar-refractivity contribution in [2.75, 3.05) is 0 Å². The maximum Gasteiger partial charge on any atom is 1.00 e. The molecule has 0 aliphatic heterocycles. The molecular weight excluding hydrogens is 177 g/mol. The third kappa shape index (κ3) is 12.5. The van der Waals surface area contributed by atoms with Crippen LogP contribution in [0.25, 0.3) is 0 Å². The van der Waals surface area contributed by atoms with Crippen molar-refractivity contribution in [3.63, 3.8) is 0 Å². The molecule has 48 valence electrons. The van der Waals surface area contributed by atoms with E-state index in [1.54, 1.807) is 0 Å². The van der Waals surface area contributed by atoms with E-state index in [1.807, 2.05) is 0 Å². The molecule has 0 radical (unpaired) electrons. The van der Waals surface area contributed by atoms with Crippen LogP contribution in [0.2, 0.25) is 0 Å². The Bertz CT molecular complexity index is 88.6. The van der Waals surface area contributed by atoms with Gasteiger partial charge in [0.1, 0.15) is 0 Å². The second-order valence-electron chi connectivity index (χ2n) is 1.04. The van der Waals surface area contributed by atoms with E-state index in [0.717, 1.165) is 0 Å². The Kier molecular flexibility index (Phi) is 19.2. The van der Waals surface area contributed by atoms with Crippen molar-refractivity contribution in [3.8, 4) is 0 Å². The third-order valence-electron chi connectivity index (χ3n) is 0.465. The van der Waals surface area contributed by atoms with Crippen LogP contribution in [0.3, 0.4) is 0 Å². The van der Waals surface area contributed by atoms with Gasteiger partial charge in [0, 0.05) is 6.42 Å². The van der Waals surface area contributed by atoms with Crippen LogP contribution in [0.15, 0.2) is 0 Å². The van der Waals surface area contributed by atoms with Gasteiger partial charge in [-0.2, -0.15) is 0 Å². The summed E-state index contributed by atoms with van der Waals surface area (Å²) >= 11 is 0. The molecule has 0 unspecified atom stereocenters. The van der Waals surface area contributed by atoms with E-state index in [0.29, 0.717) is 0 Å². The first-order valence-electron chi connectivity index (χ1n) is 2.02. The normalized spacial score (nSPS) is 7.60. The zero-order valence-electron chi connectivity index (χ0n) is 6.29. The van der Waals surface area contributed by atoms with Gasteiger partial charge in [0.2, 0.25) is 0 Å². The average Bonchev–Trinajstić information content (AvgIpc) is 1.65. The Morgan fingerprint density at radius 1 is 1.50 bits per heavy atom. The fourth-order valence-corrected chi connectivity index (χ4v) is 0.443. The van der Waals surface area contributed by atoms with E-state index < -0.39 is 14.6 Å². The second-order valence-corrected chi connectivity index (χ2v) is 1.67. The summed E-state index contributed by atoms with van der Waals surface area (Å²) in [7, 11) is -3.00. The molecule has 0 aromatic rings. The Labute approximate surface area is 105 Å². The summed E-state index contributed by atoms with van der Waals surface area (Å²) in [6, 6.07) is 0. The number of rotatable bonds is 2. The zero-order chi connectivity index (χ0) is 6.57. The molecule has 0 aromatic heterocycles. The maximum absolute atomic E-state index is 10.0. The van der Waals surface area contributed by atoms with E-state index >= 15 is 0 Å². The Balaban J connectivity index is -0.000000245. The predicted molar refractivity (Wildman–Crippen MR) is 23.3 cm³/mol. The summed E-state index contributed by atoms with van der Waals surface area (Å²) in [6.45, 7) is 1.52. The molecule has 0 rings (SSSR count). The molecule has 0 aliphatic rings. The summed E-state index contributed by atoms with van der Waals surface area (Å²) in [4.78, 5) is 29.1. The zero-order valence-corrected chi connectivity index (χ0v) is 11.2. The van der Waals surface area contributed by atoms with Gasteiger partial charge in [0.05, 0.1) is 0 Å². The van der Waals surface area contributed by atoms with Gasteiger partial charge in [-0.15, -0.1) is 0 Å². The minimum Gasteiger partial charge on any atom is -0.810 e. The molecule has 10 heavy (non-hydrogen) atoms. The second kappa shape index (κ2) is 10.8. The van der Waals surface area contributed by atoms with Gasteiger partial charge >= 0.3 is 65.1 Å². The van der Waals surface area contributed by atoms with Crippen molar-refractivity contribution >= 4 is 14.6 Å². The molecule has 0 spiro atoms. The minimum absolute atomic E-state index is 0. The van der Waals surface area contributed by atoms with Gasteiger partial charge in [-0.05, 0) is 0 Å². The molecule has 0 aromatic carbocycles. The van der Waals surface area contributed by atoms with E-state index in [1.165, 1.54) is 6.92 Å². The van der Waals surface area contributed by atoms with E-state index in [2.05, 4.69) is 4.52 Å². The van der Waals surface area contributed by atoms with Crippen LogP contribution in [-0.2, 0) is 9.32 Å². The molecular formula is C3H5Na2O4P. The summed E-state index contributed by atoms with van der Waals surface area (Å²) in [6.07, 6.45) is 0.0866. The summed E-state index contributed by atoms with van der Waals surface area (Å²) < 4.78 is 3.71. The quantitative estimate of drug-likeness (QED) is 0.314. The Morgan fingerprint density at radius 3 is 2.00 bits per heavy atom. The van der Waals surface area contributed by atoms with Crippen LogP contribution >= 0.6 is 8.60 Å². The van der Waals surface area contributed by atoms with Crippen molar-refractivity contribution in [1.82, 2.24) is 0 Å². The SMILES string of the molecule is CCC(=O)OP([O-])[O-].[Na+].[Na+]. The van der Waals surface area contributed by atoms with Gasteiger partial charge in [0.15, 0.2) is 0 Å². The summed E-state index contributed by atoms with van der Waals surface area (Å²) in [5.74, 6) is -0.721. The van der Waals surface area contributed by atoms with Crippen molar-refractivity contribution in [2.45, 2.75) is 13.3 Å². The third-order valence-corrected chi connectivity index (χ3v) is 0.818. The molecule has 0 saturated heterocycles. The maximum atomic E-state index is 10.0. The smallest absolute Gasteiger partial charge is 0.810 e. The molecule has 0 fully saturated rings. The molecule has 0 aliphatic carbocycles. The van der Waals surface area contributed by atoms with Crippen LogP contribution < -0.4 is 68.9 Å². The van der Waals surface area contributed by atoms with Gasteiger partial charge in [-0.3, -0.25) is 4.79 Å². The van der Waals surface area contributed by atoms with Gasteiger partial charge in [-0.1, -0.05) is 15.5 Å². The number of carbonyl (C=O) groups is 1. The molecule has 0 heterocycles. The van der Waals surface area contributed by atoms with Crippen molar-refractivity contribution in [2.24, 2.45) is 0 Å². The van der Waals surface area contributed by atoms with Crippen molar-refractivity contribution < 1.29 is 78.2 Å². The molecule has 4 nitrogen and oxygen atoms in total. The van der Waals surface area contributed by atoms with Crippen LogP contribution in [0.1, 0.15) is 13.3 Å². The minimum atomic E-state index is -3.00. The van der Waals surface area contributed by atoms with Crippen LogP contribution in [0.5, 0.6) is 0 Å². The Morgan fingerprint density at radius 2 is 1.90 bits per heavy atom. The molecule has 7 heteroatoms. The van der Waals surface area contributed by atoms with E-state index in [4.69, 9.17) is 0 Å². The monoisotopic (exact) mass is 182 g/mol. The largest absolute Gasteiger partial charge is 1.00 e. The van der Waals surface area contributed by atoms with Crippen LogP contribution in [-0.4, -0.2) is 5.97 Å². The molecule has 0 atom stereocenters. The standard InChI is InChI=1S/C3H5O4P.2Na/c1-2-3(4)7-8(5)6;;/h2H2,1H3;;/q-2;2*+1. The van der Waals surface area contributed by atoms with Crippen molar-refractivity contribution in [1.29, 1.82) is 0 Å². The van der Waals surface area contributed by atoms with Crippen LogP contribution in [0, 0.1) is 0 Å². The molecule has 0 N–H and O–H groups in total.